The molecule has 0 saturated carbocycles. The number of fused-ring (bicyclic) bond motifs is 1. The number of anilines is 4. The lowest BCUT2D eigenvalue weighted by molar-refractivity contribution is -0.116. The number of halogens is 2. The van der Waals surface area contributed by atoms with Crippen molar-refractivity contribution >= 4 is 62.6 Å². The van der Waals surface area contributed by atoms with Crippen LogP contribution in [0.25, 0.3) is 21.3 Å². The van der Waals surface area contributed by atoms with E-state index in [9.17, 15) is 9.18 Å². The number of aromatic nitrogens is 2. The fourth-order valence-electron chi connectivity index (χ4n) is 3.83. The molecule has 1 amide bonds. The van der Waals surface area contributed by atoms with Gasteiger partial charge in [-0.05, 0) is 72.0 Å². The normalized spacial score (nSPS) is 10.9. The molecule has 0 fully saturated rings. The molecule has 0 atom stereocenters. The van der Waals surface area contributed by atoms with Crippen molar-refractivity contribution in [2.75, 3.05) is 23.0 Å². The number of amides is 1. The molecule has 0 aliphatic heterocycles. The minimum Gasteiger partial charge on any atom is -0.494 e. The molecule has 0 bridgehead atoms. The number of hydrogen-bond acceptors (Lipinski definition) is 7. The van der Waals surface area contributed by atoms with Crippen LogP contribution in [0.4, 0.5) is 27.3 Å². The second kappa shape index (κ2) is 11.5. The highest BCUT2D eigenvalue weighted by atomic mass is 35.5. The number of hydrogen-bond donors (Lipinski definition) is 3. The topological polar surface area (TPSA) is 102 Å². The molecular weight excluding hydrogens is 525 g/mol. The molecule has 5 rings (SSSR count). The Morgan fingerprint density at radius 3 is 2.79 bits per heavy atom. The first-order valence-corrected chi connectivity index (χ1v) is 13.0. The predicted molar refractivity (Wildman–Crippen MR) is 152 cm³/mol. The van der Waals surface area contributed by atoms with E-state index in [0.29, 0.717) is 47.2 Å². The van der Waals surface area contributed by atoms with Crippen LogP contribution in [0.5, 0.6) is 5.75 Å². The average Bonchev–Trinajstić information content (AvgIpc) is 3.45. The number of nitrogen functional groups attached to an aromatic ring is 1. The van der Waals surface area contributed by atoms with Gasteiger partial charge in [-0.3, -0.25) is 4.79 Å². The highest BCUT2D eigenvalue weighted by Crippen LogP contribution is 2.31. The first kappa shape index (κ1) is 25.4. The number of ether oxygens (including phenoxy) is 1. The molecule has 4 N–H and O–H groups in total. The van der Waals surface area contributed by atoms with Crippen molar-refractivity contribution in [3.63, 3.8) is 0 Å². The van der Waals surface area contributed by atoms with Gasteiger partial charge in [-0.25, -0.2) is 14.4 Å². The Kier molecular flexibility index (Phi) is 7.67. The van der Waals surface area contributed by atoms with Crippen LogP contribution >= 0.6 is 22.9 Å². The summed E-state index contributed by atoms with van der Waals surface area (Å²) >= 11 is 7.52. The molecule has 0 saturated heterocycles. The minimum atomic E-state index is -0.496. The number of nitrogens with zero attached hydrogens (tertiary/aromatic N) is 2. The zero-order chi connectivity index (χ0) is 26.5. The smallest absolute Gasteiger partial charge is 0.224 e. The quantitative estimate of drug-likeness (QED) is 0.132. The van der Waals surface area contributed by atoms with E-state index >= 15 is 0 Å². The summed E-state index contributed by atoms with van der Waals surface area (Å²) in [7, 11) is 0. The summed E-state index contributed by atoms with van der Waals surface area (Å²) < 4.78 is 19.4. The summed E-state index contributed by atoms with van der Waals surface area (Å²) in [5, 5.41) is 8.79. The largest absolute Gasteiger partial charge is 0.494 e. The summed E-state index contributed by atoms with van der Waals surface area (Å²) in [6.45, 7) is 0.341. The van der Waals surface area contributed by atoms with Crippen molar-refractivity contribution in [3.05, 3.63) is 89.3 Å². The van der Waals surface area contributed by atoms with Crippen molar-refractivity contribution in [3.8, 4) is 16.2 Å². The van der Waals surface area contributed by atoms with Crippen LogP contribution in [-0.2, 0) is 4.79 Å². The summed E-state index contributed by atoms with van der Waals surface area (Å²) in [4.78, 5) is 22.2. The Bertz CT molecular complexity index is 1600. The third-order valence-corrected chi connectivity index (χ3v) is 6.95. The van der Waals surface area contributed by atoms with Gasteiger partial charge >= 0.3 is 0 Å². The van der Waals surface area contributed by atoms with E-state index in [1.807, 2.05) is 47.8 Å². The lowest BCUT2D eigenvalue weighted by Gasteiger charge is -2.12. The first-order chi connectivity index (χ1) is 18.5. The molecule has 10 heteroatoms. The van der Waals surface area contributed by atoms with Gasteiger partial charge in [0, 0.05) is 22.4 Å². The fourth-order valence-corrected chi connectivity index (χ4v) is 4.74. The Labute approximate surface area is 227 Å². The maximum atomic E-state index is 13.5. The van der Waals surface area contributed by atoms with Gasteiger partial charge in [0.1, 0.15) is 23.7 Å². The highest BCUT2D eigenvalue weighted by Gasteiger charge is 2.10. The van der Waals surface area contributed by atoms with Gasteiger partial charge in [0.25, 0.3) is 0 Å². The number of carbonyl (C=O) groups excluding carboxylic acids is 1. The van der Waals surface area contributed by atoms with Crippen molar-refractivity contribution in [2.45, 2.75) is 12.8 Å². The molecule has 0 aliphatic rings. The molecule has 0 radical (unpaired) electrons. The van der Waals surface area contributed by atoms with Crippen molar-refractivity contribution in [1.82, 2.24) is 9.97 Å². The molecule has 192 valence electrons. The van der Waals surface area contributed by atoms with Gasteiger partial charge in [0.2, 0.25) is 5.91 Å². The van der Waals surface area contributed by atoms with Crippen molar-refractivity contribution < 1.29 is 13.9 Å². The predicted octanol–water partition coefficient (Wildman–Crippen LogP) is 7.27. The van der Waals surface area contributed by atoms with E-state index in [1.165, 1.54) is 18.5 Å². The zero-order valence-electron chi connectivity index (χ0n) is 20.1. The van der Waals surface area contributed by atoms with Gasteiger partial charge in [0.15, 0.2) is 0 Å². The maximum absolute atomic E-state index is 13.5. The number of thiophene rings is 1. The molecule has 3 aromatic carbocycles. The Morgan fingerprint density at radius 2 is 1.97 bits per heavy atom. The van der Waals surface area contributed by atoms with E-state index in [2.05, 4.69) is 20.6 Å². The van der Waals surface area contributed by atoms with Crippen LogP contribution in [-0.4, -0.2) is 22.5 Å². The lowest BCUT2D eigenvalue weighted by atomic mass is 10.1. The number of nitrogens with two attached hydrogens (primary N) is 1. The number of nitrogens with one attached hydrogen (secondary N) is 2. The SMILES string of the molecule is Nc1ccc(-c2cccs2)cc1NC(=O)CCCOc1ccc2ncnc(Nc3ccc(F)c(Cl)c3)c2c1. The molecule has 0 unspecified atom stereocenters. The summed E-state index contributed by atoms with van der Waals surface area (Å²) in [5.74, 6) is 0.509. The van der Waals surface area contributed by atoms with Crippen LogP contribution < -0.4 is 21.1 Å². The molecule has 0 aliphatic carbocycles. The monoisotopic (exact) mass is 547 g/mol. The average molecular weight is 548 g/mol. The zero-order valence-corrected chi connectivity index (χ0v) is 21.7. The number of rotatable bonds is 9. The molecule has 7 nitrogen and oxygen atoms in total. The minimum absolute atomic E-state index is 0.0133. The van der Waals surface area contributed by atoms with Crippen LogP contribution in [0, 0.1) is 5.82 Å². The van der Waals surface area contributed by atoms with Gasteiger partial charge in [-0.2, -0.15) is 0 Å². The van der Waals surface area contributed by atoms with E-state index in [4.69, 9.17) is 22.1 Å². The second-order valence-electron chi connectivity index (χ2n) is 8.43. The van der Waals surface area contributed by atoms with Gasteiger partial charge in [-0.1, -0.05) is 23.7 Å². The number of benzene rings is 3. The van der Waals surface area contributed by atoms with Crippen LogP contribution in [0.15, 0.2) is 78.4 Å². The number of carbonyl (C=O) groups is 1. The van der Waals surface area contributed by atoms with Gasteiger partial charge < -0.3 is 21.1 Å². The van der Waals surface area contributed by atoms with Crippen LogP contribution in [0.1, 0.15) is 12.8 Å². The van der Waals surface area contributed by atoms with Gasteiger partial charge in [0.05, 0.1) is 28.5 Å². The summed E-state index contributed by atoms with van der Waals surface area (Å²) in [6.07, 6.45) is 2.23. The molecule has 5 aromatic rings. The molecule has 2 aromatic heterocycles. The van der Waals surface area contributed by atoms with E-state index in [-0.39, 0.29) is 17.4 Å². The lowest BCUT2D eigenvalue weighted by Crippen LogP contribution is -2.14. The van der Waals surface area contributed by atoms with E-state index in [0.717, 1.165) is 15.8 Å². The summed E-state index contributed by atoms with van der Waals surface area (Å²) in [5.41, 5.74) is 9.49. The Hall–Kier alpha value is -4.21. The molecule has 2 heterocycles. The highest BCUT2D eigenvalue weighted by molar-refractivity contribution is 7.13. The fraction of sp³-hybridized carbons (Fsp3) is 0.107. The summed E-state index contributed by atoms with van der Waals surface area (Å²) in [6, 6.07) is 19.4. The Morgan fingerprint density at radius 1 is 1.08 bits per heavy atom. The second-order valence-corrected chi connectivity index (χ2v) is 9.79. The molecular formula is C28H23ClFN5O2S. The van der Waals surface area contributed by atoms with Gasteiger partial charge in [-0.15, -0.1) is 11.3 Å². The molecule has 38 heavy (non-hydrogen) atoms. The third-order valence-electron chi connectivity index (χ3n) is 5.74. The standard InChI is InChI=1S/C28H23ClFN5O2S/c29-21-14-18(6-8-22(21)30)34-28-20-15-19(7-10-24(20)32-16-33-28)37-11-1-4-27(36)35-25-13-17(5-9-23(25)31)26-3-2-12-38-26/h2-3,5-10,12-16H,1,4,11,31H2,(H,35,36)(H,32,33,34). The van der Waals surface area contributed by atoms with Crippen LogP contribution in [0.2, 0.25) is 5.02 Å². The first-order valence-electron chi connectivity index (χ1n) is 11.8. The van der Waals surface area contributed by atoms with Crippen molar-refractivity contribution in [1.29, 1.82) is 0 Å². The Balaban J connectivity index is 1.18. The maximum Gasteiger partial charge on any atom is 0.224 e. The van der Waals surface area contributed by atoms with Crippen molar-refractivity contribution in [2.24, 2.45) is 0 Å². The molecule has 0 spiro atoms. The third kappa shape index (κ3) is 6.01. The van der Waals surface area contributed by atoms with E-state index in [1.54, 1.807) is 23.5 Å². The van der Waals surface area contributed by atoms with E-state index < -0.39 is 5.82 Å². The van der Waals surface area contributed by atoms with Crippen LogP contribution in [0.3, 0.4) is 0 Å².